The van der Waals surface area contributed by atoms with Crippen molar-refractivity contribution in [3.05, 3.63) is 0 Å². The van der Waals surface area contributed by atoms with Crippen LogP contribution in [0.2, 0.25) is 0 Å². The Balaban J connectivity index is 4.01. The Bertz CT molecular complexity index is 603. The van der Waals surface area contributed by atoms with Crippen molar-refractivity contribution in [3.63, 3.8) is 0 Å². The molecule has 0 radical (unpaired) electrons. The van der Waals surface area contributed by atoms with E-state index in [2.05, 4.69) is 13.8 Å². The Kier molecular flexibility index (Phi) is 32.6. The summed E-state index contributed by atoms with van der Waals surface area (Å²) < 4.78 is 0. The molecule has 0 aliphatic rings. The molecule has 0 spiro atoms. The molecule has 0 aromatic heterocycles. The second-order valence-electron chi connectivity index (χ2n) is 14.5. The number of ketones is 2. The van der Waals surface area contributed by atoms with Crippen molar-refractivity contribution in [1.82, 2.24) is 4.90 Å². The molecule has 0 aliphatic carbocycles. The molecule has 0 aromatic carbocycles. The molecule has 0 heterocycles. The zero-order chi connectivity index (χ0) is 33.3. The van der Waals surface area contributed by atoms with E-state index in [1.54, 1.807) is 4.90 Å². The lowest BCUT2D eigenvalue weighted by molar-refractivity contribution is -0.142. The minimum Gasteiger partial charge on any atom is -0.395 e. The number of hydrogen-bond acceptors (Lipinski definition) is 4. The molecule has 0 fully saturated rings. The van der Waals surface area contributed by atoms with Crippen LogP contribution in [0.15, 0.2) is 0 Å². The molecule has 4 heteroatoms. The fraction of sp³-hybridized carbons (Fsp3) is 0.951. The Morgan fingerprint density at radius 2 is 0.667 bits per heavy atom. The second kappa shape index (κ2) is 33.2. The van der Waals surface area contributed by atoms with E-state index >= 15 is 0 Å². The van der Waals surface area contributed by atoms with Gasteiger partial charge in [-0.1, -0.05) is 194 Å². The standard InChI is InChI=1S/C41H81NO3/c1-5-7-9-11-13-15-17-19-21-23-25-27-29-31-33-35-39(44)41(3,42(4)37-38-43)40(45)36-34-32-30-28-26-24-22-20-18-16-14-12-10-8-6-2/h43H,5-38H2,1-4H3. The average molecular weight is 636 g/mol. The zero-order valence-electron chi connectivity index (χ0n) is 31.3. The van der Waals surface area contributed by atoms with Gasteiger partial charge in [-0.2, -0.15) is 0 Å². The van der Waals surface area contributed by atoms with E-state index in [4.69, 9.17) is 0 Å². The summed E-state index contributed by atoms with van der Waals surface area (Å²) in [4.78, 5) is 28.5. The highest BCUT2D eigenvalue weighted by Crippen LogP contribution is 2.24. The first-order valence-corrected chi connectivity index (χ1v) is 20.3. The number of β-amino-alcohol motifs (C(OH)–C–C–N with tert-alkyl or cyclic N) is 1. The molecular weight excluding hydrogens is 554 g/mol. The van der Waals surface area contributed by atoms with Gasteiger partial charge in [0.1, 0.15) is 5.54 Å². The highest BCUT2D eigenvalue weighted by molar-refractivity contribution is 6.11. The van der Waals surface area contributed by atoms with Crippen molar-refractivity contribution in [2.45, 2.75) is 232 Å². The van der Waals surface area contributed by atoms with Crippen LogP contribution in [0.4, 0.5) is 0 Å². The fourth-order valence-electron chi connectivity index (χ4n) is 6.76. The smallest absolute Gasteiger partial charge is 0.160 e. The quantitative estimate of drug-likeness (QED) is 0.0545. The van der Waals surface area contributed by atoms with Gasteiger partial charge in [0, 0.05) is 19.4 Å². The normalized spacial score (nSPS) is 12.0. The van der Waals surface area contributed by atoms with Gasteiger partial charge >= 0.3 is 0 Å². The van der Waals surface area contributed by atoms with Gasteiger partial charge < -0.3 is 5.11 Å². The van der Waals surface area contributed by atoms with E-state index in [0.717, 1.165) is 25.7 Å². The molecule has 1 N–H and O–H groups in total. The van der Waals surface area contributed by atoms with Crippen molar-refractivity contribution in [3.8, 4) is 0 Å². The molecule has 268 valence electrons. The number of unbranched alkanes of at least 4 members (excludes halogenated alkanes) is 28. The Labute approximate surface area is 282 Å². The van der Waals surface area contributed by atoms with Crippen LogP contribution >= 0.6 is 0 Å². The van der Waals surface area contributed by atoms with E-state index < -0.39 is 5.54 Å². The number of hydrogen-bond donors (Lipinski definition) is 1. The lowest BCUT2D eigenvalue weighted by atomic mass is 9.84. The van der Waals surface area contributed by atoms with Crippen LogP contribution in [0.25, 0.3) is 0 Å². The van der Waals surface area contributed by atoms with E-state index in [9.17, 15) is 14.7 Å². The minimum absolute atomic E-state index is 0.0371. The third-order valence-electron chi connectivity index (χ3n) is 10.3. The third-order valence-corrected chi connectivity index (χ3v) is 10.3. The molecule has 45 heavy (non-hydrogen) atoms. The average Bonchev–Trinajstić information content (AvgIpc) is 3.04. The Morgan fingerprint density at radius 1 is 0.444 bits per heavy atom. The Hall–Kier alpha value is -0.740. The number of aliphatic hydroxyl groups is 1. The maximum atomic E-state index is 13.4. The van der Waals surface area contributed by atoms with Crippen LogP contribution < -0.4 is 0 Å². The summed E-state index contributed by atoms with van der Waals surface area (Å²) in [5, 5.41) is 9.53. The number of nitrogens with zero attached hydrogens (tertiary/aromatic N) is 1. The summed E-state index contributed by atoms with van der Waals surface area (Å²) in [6, 6.07) is 0. The van der Waals surface area contributed by atoms with Gasteiger partial charge in [-0.15, -0.1) is 0 Å². The molecule has 0 saturated carbocycles. The molecule has 0 bridgehead atoms. The molecular formula is C41H81NO3. The van der Waals surface area contributed by atoms with E-state index in [1.807, 2.05) is 14.0 Å². The largest absolute Gasteiger partial charge is 0.395 e. The first kappa shape index (κ1) is 44.3. The van der Waals surface area contributed by atoms with Crippen molar-refractivity contribution >= 4 is 11.6 Å². The van der Waals surface area contributed by atoms with Crippen LogP contribution in [0.5, 0.6) is 0 Å². The molecule has 0 aliphatic heterocycles. The monoisotopic (exact) mass is 636 g/mol. The second-order valence-corrected chi connectivity index (χ2v) is 14.5. The van der Waals surface area contributed by atoms with Crippen molar-refractivity contribution < 1.29 is 14.7 Å². The highest BCUT2D eigenvalue weighted by Gasteiger charge is 2.42. The maximum Gasteiger partial charge on any atom is 0.160 e. The number of aliphatic hydroxyl groups excluding tert-OH is 1. The fourth-order valence-corrected chi connectivity index (χ4v) is 6.76. The van der Waals surface area contributed by atoms with Gasteiger partial charge in [0.05, 0.1) is 6.61 Å². The molecule has 0 amide bonds. The Morgan fingerprint density at radius 3 is 0.889 bits per heavy atom. The van der Waals surface area contributed by atoms with Crippen LogP contribution in [0.1, 0.15) is 226 Å². The highest BCUT2D eigenvalue weighted by atomic mass is 16.3. The van der Waals surface area contributed by atoms with E-state index in [-0.39, 0.29) is 18.2 Å². The van der Waals surface area contributed by atoms with Crippen molar-refractivity contribution in [1.29, 1.82) is 0 Å². The van der Waals surface area contributed by atoms with Gasteiger partial charge in [0.25, 0.3) is 0 Å². The summed E-state index contributed by atoms with van der Waals surface area (Å²) in [5.41, 5.74) is -1.10. The number of carbonyl (C=O) groups is 2. The van der Waals surface area contributed by atoms with Crippen molar-refractivity contribution in [2.75, 3.05) is 20.2 Å². The van der Waals surface area contributed by atoms with Gasteiger partial charge in [-0.05, 0) is 26.8 Å². The number of carbonyl (C=O) groups excluding carboxylic acids is 2. The molecule has 0 rings (SSSR count). The summed E-state index contributed by atoms with van der Waals surface area (Å²) in [7, 11) is 1.82. The summed E-state index contributed by atoms with van der Waals surface area (Å²) >= 11 is 0. The molecule has 4 nitrogen and oxygen atoms in total. The summed E-state index contributed by atoms with van der Waals surface area (Å²) in [5.74, 6) is 0.0817. The SMILES string of the molecule is CCCCCCCCCCCCCCCCCC(=O)C(C)(C(=O)CCCCCCCCCCCCCCCCC)N(C)CCO. The third kappa shape index (κ3) is 25.0. The number of rotatable bonds is 37. The maximum absolute atomic E-state index is 13.4. The predicted octanol–water partition coefficient (Wildman–Crippen LogP) is 12.3. The van der Waals surface area contributed by atoms with Gasteiger partial charge in [-0.25, -0.2) is 0 Å². The summed E-state index contributed by atoms with van der Waals surface area (Å²) in [6.07, 6.45) is 40.0. The number of Topliss-reactive ketones (excluding diaryl/α,β-unsaturated/α-hetero) is 2. The predicted molar refractivity (Wildman–Crippen MR) is 197 cm³/mol. The van der Waals surface area contributed by atoms with Gasteiger partial charge in [0.15, 0.2) is 11.6 Å². The first-order chi connectivity index (χ1) is 21.9. The minimum atomic E-state index is -1.10. The van der Waals surface area contributed by atoms with Gasteiger partial charge in [-0.3, -0.25) is 14.5 Å². The van der Waals surface area contributed by atoms with Crippen LogP contribution in [-0.4, -0.2) is 47.3 Å². The van der Waals surface area contributed by atoms with E-state index in [1.165, 1.54) is 167 Å². The van der Waals surface area contributed by atoms with Crippen LogP contribution in [0.3, 0.4) is 0 Å². The zero-order valence-corrected chi connectivity index (χ0v) is 31.3. The van der Waals surface area contributed by atoms with Crippen LogP contribution in [-0.2, 0) is 9.59 Å². The molecule has 0 saturated heterocycles. The lowest BCUT2D eigenvalue weighted by Crippen LogP contribution is -2.57. The first-order valence-electron chi connectivity index (χ1n) is 20.3. The molecule has 0 aromatic rings. The van der Waals surface area contributed by atoms with Crippen molar-refractivity contribution in [2.24, 2.45) is 0 Å². The number of likely N-dealkylation sites (N-methyl/N-ethyl adjacent to an activating group) is 1. The topological polar surface area (TPSA) is 57.6 Å². The van der Waals surface area contributed by atoms with Gasteiger partial charge in [0.2, 0.25) is 0 Å². The van der Waals surface area contributed by atoms with Crippen LogP contribution in [0, 0.1) is 0 Å². The lowest BCUT2D eigenvalue weighted by Gasteiger charge is -2.36. The van der Waals surface area contributed by atoms with E-state index in [0.29, 0.717) is 19.4 Å². The summed E-state index contributed by atoms with van der Waals surface area (Å²) in [6.45, 7) is 6.68. The molecule has 0 atom stereocenters. The molecule has 0 unspecified atom stereocenters.